The SMILES string of the molecule is NCC(O)CCCC1(O)CN(C(=O)c2ccc(F)c(F)c2Nc2ccc(I)cc2F)C1. The summed E-state index contributed by atoms with van der Waals surface area (Å²) in [5, 5.41) is 22.5. The summed E-state index contributed by atoms with van der Waals surface area (Å²) in [7, 11) is 0. The van der Waals surface area contributed by atoms with Gasteiger partial charge in [0.2, 0.25) is 0 Å². The lowest BCUT2D eigenvalue weighted by Crippen LogP contribution is -2.63. The first-order valence-electron chi connectivity index (χ1n) is 9.73. The van der Waals surface area contributed by atoms with E-state index in [1.807, 2.05) is 22.6 Å². The van der Waals surface area contributed by atoms with Gasteiger partial charge in [-0.3, -0.25) is 4.79 Å². The zero-order valence-corrected chi connectivity index (χ0v) is 18.7. The second kappa shape index (κ2) is 9.72. The van der Waals surface area contributed by atoms with Crippen molar-refractivity contribution in [3.63, 3.8) is 0 Å². The molecule has 3 rings (SSSR count). The number of carbonyl (C=O) groups is 1. The fourth-order valence-electron chi connectivity index (χ4n) is 3.50. The summed E-state index contributed by atoms with van der Waals surface area (Å²) in [6.07, 6.45) is 0.691. The van der Waals surface area contributed by atoms with E-state index in [1.165, 1.54) is 17.0 Å². The lowest BCUT2D eigenvalue weighted by atomic mass is 9.87. The van der Waals surface area contributed by atoms with Crippen LogP contribution in [-0.4, -0.2) is 52.4 Å². The van der Waals surface area contributed by atoms with Crippen molar-refractivity contribution >= 4 is 39.9 Å². The predicted molar refractivity (Wildman–Crippen MR) is 119 cm³/mol. The Hall–Kier alpha value is -1.89. The zero-order valence-electron chi connectivity index (χ0n) is 16.5. The third-order valence-corrected chi connectivity index (χ3v) is 5.90. The molecule has 1 atom stereocenters. The maximum absolute atomic E-state index is 14.5. The van der Waals surface area contributed by atoms with Crippen molar-refractivity contribution in [3.8, 4) is 0 Å². The largest absolute Gasteiger partial charge is 0.392 e. The van der Waals surface area contributed by atoms with Gasteiger partial charge in [0, 0.05) is 10.1 Å². The van der Waals surface area contributed by atoms with Crippen LogP contribution in [0.25, 0.3) is 0 Å². The molecule has 0 aliphatic carbocycles. The van der Waals surface area contributed by atoms with Crippen molar-refractivity contribution in [1.82, 2.24) is 4.90 Å². The van der Waals surface area contributed by atoms with Crippen LogP contribution in [-0.2, 0) is 0 Å². The number of likely N-dealkylation sites (tertiary alicyclic amines) is 1. The van der Waals surface area contributed by atoms with Gasteiger partial charge in [0.15, 0.2) is 11.6 Å². The van der Waals surface area contributed by atoms with Crippen LogP contribution in [0.1, 0.15) is 29.6 Å². The van der Waals surface area contributed by atoms with E-state index in [9.17, 15) is 28.2 Å². The highest BCUT2D eigenvalue weighted by atomic mass is 127. The molecule has 2 aromatic rings. The van der Waals surface area contributed by atoms with Gasteiger partial charge in [0.25, 0.3) is 5.91 Å². The summed E-state index contributed by atoms with van der Waals surface area (Å²) in [6.45, 7) is 0.165. The monoisotopic (exact) mass is 549 g/mol. The van der Waals surface area contributed by atoms with Crippen molar-refractivity contribution in [1.29, 1.82) is 0 Å². The molecule has 1 fully saturated rings. The molecular formula is C21H23F3IN3O3. The van der Waals surface area contributed by atoms with Crippen LogP contribution in [0.2, 0.25) is 0 Å². The number of halogens is 4. The standard InChI is InChI=1S/C21H23F3IN3O3/c22-15-5-4-14(19(18(15)24)27-17-6-3-12(25)8-16(17)23)20(30)28-10-21(31,11-28)7-1-2-13(29)9-26/h3-6,8,13,27,29,31H,1-2,7,9-11,26H2. The maximum Gasteiger partial charge on any atom is 0.256 e. The van der Waals surface area contributed by atoms with Gasteiger partial charge < -0.3 is 26.2 Å². The Balaban J connectivity index is 1.74. The van der Waals surface area contributed by atoms with Crippen LogP contribution in [0.4, 0.5) is 24.5 Å². The van der Waals surface area contributed by atoms with E-state index < -0.39 is 40.8 Å². The third kappa shape index (κ3) is 5.48. The van der Waals surface area contributed by atoms with E-state index in [0.29, 0.717) is 22.8 Å². The molecule has 2 aromatic carbocycles. The Morgan fingerprint density at radius 1 is 1.23 bits per heavy atom. The molecule has 10 heteroatoms. The summed E-state index contributed by atoms with van der Waals surface area (Å²) in [6, 6.07) is 6.13. The van der Waals surface area contributed by atoms with Crippen molar-refractivity contribution < 1.29 is 28.2 Å². The number of aliphatic hydroxyl groups excluding tert-OH is 1. The van der Waals surface area contributed by atoms with Gasteiger partial charge in [0.1, 0.15) is 5.82 Å². The van der Waals surface area contributed by atoms with Crippen LogP contribution < -0.4 is 11.1 Å². The summed E-state index contributed by atoms with van der Waals surface area (Å²) >= 11 is 1.92. The van der Waals surface area contributed by atoms with E-state index >= 15 is 0 Å². The Morgan fingerprint density at radius 3 is 2.58 bits per heavy atom. The fraction of sp³-hybridized carbons (Fsp3) is 0.381. The highest BCUT2D eigenvalue weighted by molar-refractivity contribution is 14.1. The summed E-state index contributed by atoms with van der Waals surface area (Å²) < 4.78 is 43.2. The molecule has 1 aliphatic rings. The molecule has 1 aliphatic heterocycles. The van der Waals surface area contributed by atoms with Gasteiger partial charge >= 0.3 is 0 Å². The number of nitrogens with zero attached hydrogens (tertiary/aromatic N) is 1. The summed E-state index contributed by atoms with van der Waals surface area (Å²) in [4.78, 5) is 14.2. The topological polar surface area (TPSA) is 98.8 Å². The molecule has 0 radical (unpaired) electrons. The van der Waals surface area contributed by atoms with Crippen LogP contribution in [0, 0.1) is 21.0 Å². The maximum atomic E-state index is 14.5. The van der Waals surface area contributed by atoms with Crippen LogP contribution in [0.5, 0.6) is 0 Å². The number of hydrogen-bond acceptors (Lipinski definition) is 5. The van der Waals surface area contributed by atoms with E-state index in [-0.39, 0.29) is 30.9 Å². The molecule has 5 N–H and O–H groups in total. The second-order valence-electron chi connectivity index (χ2n) is 7.70. The summed E-state index contributed by atoms with van der Waals surface area (Å²) in [5.74, 6) is -3.76. The number of β-amino-alcohol motifs (C(OH)–C–C–N with tert-alkyl or cyclic N) is 1. The molecule has 6 nitrogen and oxygen atoms in total. The van der Waals surface area contributed by atoms with Gasteiger partial charge in [-0.2, -0.15) is 0 Å². The lowest BCUT2D eigenvalue weighted by Gasteiger charge is -2.47. The Labute approximate surface area is 191 Å². The van der Waals surface area contributed by atoms with Crippen molar-refractivity contribution in [2.45, 2.75) is 31.0 Å². The molecule has 1 amide bonds. The molecule has 31 heavy (non-hydrogen) atoms. The lowest BCUT2D eigenvalue weighted by molar-refractivity contribution is -0.0878. The molecule has 1 heterocycles. The zero-order chi connectivity index (χ0) is 22.8. The molecule has 0 spiro atoms. The van der Waals surface area contributed by atoms with Crippen LogP contribution >= 0.6 is 22.6 Å². The quantitative estimate of drug-likeness (QED) is 0.380. The first-order valence-corrected chi connectivity index (χ1v) is 10.8. The van der Waals surface area contributed by atoms with Crippen LogP contribution in [0.3, 0.4) is 0 Å². The minimum atomic E-state index is -1.30. The van der Waals surface area contributed by atoms with Gasteiger partial charge in [0.05, 0.1) is 41.7 Å². The number of benzene rings is 2. The highest BCUT2D eigenvalue weighted by Crippen LogP contribution is 2.33. The molecule has 168 valence electrons. The molecule has 1 saturated heterocycles. The molecule has 0 saturated carbocycles. The molecule has 0 aromatic heterocycles. The predicted octanol–water partition coefficient (Wildman–Crippen LogP) is 3.13. The van der Waals surface area contributed by atoms with E-state index in [2.05, 4.69) is 5.32 Å². The number of rotatable bonds is 8. The van der Waals surface area contributed by atoms with Crippen molar-refractivity contribution in [2.24, 2.45) is 5.73 Å². The van der Waals surface area contributed by atoms with Crippen molar-refractivity contribution in [3.05, 3.63) is 56.9 Å². The van der Waals surface area contributed by atoms with E-state index in [4.69, 9.17) is 5.73 Å². The minimum Gasteiger partial charge on any atom is -0.392 e. The Bertz CT molecular complexity index is 970. The number of aliphatic hydroxyl groups is 2. The Kier molecular flexibility index (Phi) is 7.45. The average Bonchev–Trinajstić information content (AvgIpc) is 2.70. The highest BCUT2D eigenvalue weighted by Gasteiger charge is 2.44. The third-order valence-electron chi connectivity index (χ3n) is 5.23. The number of anilines is 2. The number of amides is 1. The minimum absolute atomic E-state index is 0.0148. The Morgan fingerprint density at radius 2 is 1.94 bits per heavy atom. The normalized spacial score (nSPS) is 16.0. The van der Waals surface area contributed by atoms with E-state index in [1.54, 1.807) is 6.07 Å². The molecule has 0 bridgehead atoms. The fourth-order valence-corrected chi connectivity index (χ4v) is 3.95. The van der Waals surface area contributed by atoms with Crippen LogP contribution in [0.15, 0.2) is 30.3 Å². The first-order chi connectivity index (χ1) is 14.6. The van der Waals surface area contributed by atoms with Crippen molar-refractivity contribution in [2.75, 3.05) is 25.0 Å². The number of nitrogens with one attached hydrogen (secondary N) is 1. The first kappa shape index (κ1) is 23.8. The number of hydrogen-bond donors (Lipinski definition) is 4. The second-order valence-corrected chi connectivity index (χ2v) is 8.95. The van der Waals surface area contributed by atoms with Gasteiger partial charge in [-0.05, 0) is 72.2 Å². The number of carbonyl (C=O) groups excluding carboxylic acids is 1. The summed E-state index contributed by atoms with van der Waals surface area (Å²) in [5.41, 5.74) is 3.50. The smallest absolute Gasteiger partial charge is 0.256 e. The van der Waals surface area contributed by atoms with Gasteiger partial charge in [-0.1, -0.05) is 0 Å². The number of nitrogens with two attached hydrogens (primary N) is 1. The molecule has 1 unspecified atom stereocenters. The van der Waals surface area contributed by atoms with Gasteiger partial charge in [-0.15, -0.1) is 0 Å². The molecular weight excluding hydrogens is 526 g/mol. The van der Waals surface area contributed by atoms with E-state index in [0.717, 1.165) is 12.1 Å². The van der Waals surface area contributed by atoms with Gasteiger partial charge in [-0.25, -0.2) is 13.2 Å². The average molecular weight is 549 g/mol.